The van der Waals surface area contributed by atoms with Gasteiger partial charge in [-0.05, 0) is 11.6 Å². The first-order valence-electron chi connectivity index (χ1n) is 9.11. The van der Waals surface area contributed by atoms with Gasteiger partial charge < -0.3 is 10.1 Å². The zero-order valence-electron chi connectivity index (χ0n) is 15.9. The number of carbonyl (C=O) groups excluding carboxylic acids is 2. The first kappa shape index (κ1) is 20.0. The van der Waals surface area contributed by atoms with Gasteiger partial charge in [-0.25, -0.2) is 9.48 Å². The molecule has 3 aromatic rings. The Hall–Kier alpha value is -3.74. The highest BCUT2D eigenvalue weighted by Gasteiger charge is 2.22. The molecule has 1 heterocycles. The lowest BCUT2D eigenvalue weighted by Crippen LogP contribution is -2.45. The summed E-state index contributed by atoms with van der Waals surface area (Å²) >= 11 is 0. The summed E-state index contributed by atoms with van der Waals surface area (Å²) in [4.78, 5) is 36.7. The maximum absolute atomic E-state index is 12.5. The zero-order chi connectivity index (χ0) is 20.6. The molecular weight excluding hydrogens is 370 g/mol. The van der Waals surface area contributed by atoms with Crippen molar-refractivity contribution in [2.24, 2.45) is 0 Å². The lowest BCUT2D eigenvalue weighted by atomic mass is 10.1. The van der Waals surface area contributed by atoms with Crippen molar-refractivity contribution in [2.45, 2.75) is 19.0 Å². The molecule has 2 aromatic carbocycles. The lowest BCUT2D eigenvalue weighted by molar-refractivity contribution is -0.145. The SMILES string of the molecule is COC(=O)[C@@H](Cc1ccccc1)NC(=O)Cn1nc(-c2ccccc2)ccc1=O. The molecule has 0 saturated heterocycles. The van der Waals surface area contributed by atoms with Crippen LogP contribution in [0.15, 0.2) is 77.6 Å². The number of aromatic nitrogens is 2. The molecule has 1 aromatic heterocycles. The monoisotopic (exact) mass is 391 g/mol. The van der Waals surface area contributed by atoms with Crippen LogP contribution < -0.4 is 10.9 Å². The van der Waals surface area contributed by atoms with Crippen molar-refractivity contribution in [2.75, 3.05) is 7.11 Å². The fourth-order valence-corrected chi connectivity index (χ4v) is 2.89. The van der Waals surface area contributed by atoms with E-state index in [0.717, 1.165) is 15.8 Å². The molecule has 1 N–H and O–H groups in total. The minimum absolute atomic E-state index is 0.283. The molecule has 0 unspecified atom stereocenters. The van der Waals surface area contributed by atoms with Gasteiger partial charge in [0, 0.05) is 18.1 Å². The van der Waals surface area contributed by atoms with Gasteiger partial charge in [0.1, 0.15) is 12.6 Å². The third-order valence-corrected chi connectivity index (χ3v) is 4.33. The first-order valence-corrected chi connectivity index (χ1v) is 9.11. The molecule has 3 rings (SSSR count). The van der Waals surface area contributed by atoms with Crippen molar-refractivity contribution in [3.8, 4) is 11.3 Å². The van der Waals surface area contributed by atoms with Crippen molar-refractivity contribution in [3.63, 3.8) is 0 Å². The molecule has 1 amide bonds. The van der Waals surface area contributed by atoms with Crippen molar-refractivity contribution >= 4 is 11.9 Å². The number of ether oxygens (including phenoxy) is 1. The van der Waals surface area contributed by atoms with Crippen LogP contribution >= 0.6 is 0 Å². The number of nitrogens with one attached hydrogen (secondary N) is 1. The summed E-state index contributed by atoms with van der Waals surface area (Å²) in [5.41, 5.74) is 1.88. The maximum atomic E-state index is 12.5. The van der Waals surface area contributed by atoms with Crippen molar-refractivity contribution < 1.29 is 14.3 Å². The Balaban J connectivity index is 1.74. The largest absolute Gasteiger partial charge is 0.467 e. The molecule has 0 aliphatic rings. The van der Waals surface area contributed by atoms with Crippen LogP contribution in [0.1, 0.15) is 5.56 Å². The second-order valence-corrected chi connectivity index (χ2v) is 6.41. The average Bonchev–Trinajstić information content (AvgIpc) is 2.75. The molecule has 0 fully saturated rings. The standard InChI is InChI=1S/C22H21N3O4/c1-29-22(28)19(14-16-8-4-2-5-9-16)23-20(26)15-25-21(27)13-12-18(24-25)17-10-6-3-7-11-17/h2-13,19H,14-15H2,1H3,(H,23,26)/t19-/m1/s1. The summed E-state index contributed by atoms with van der Waals surface area (Å²) in [6.45, 7) is -0.304. The van der Waals surface area contributed by atoms with Gasteiger partial charge in [-0.1, -0.05) is 60.7 Å². The Morgan fingerprint density at radius 1 is 1.00 bits per heavy atom. The predicted molar refractivity (Wildman–Crippen MR) is 108 cm³/mol. The lowest BCUT2D eigenvalue weighted by Gasteiger charge is -2.17. The number of amides is 1. The molecule has 7 heteroatoms. The van der Waals surface area contributed by atoms with Gasteiger partial charge in [-0.2, -0.15) is 5.10 Å². The summed E-state index contributed by atoms with van der Waals surface area (Å²) in [6, 6.07) is 20.7. The molecule has 0 aliphatic heterocycles. The summed E-state index contributed by atoms with van der Waals surface area (Å²) < 4.78 is 5.88. The molecule has 0 saturated carbocycles. The maximum Gasteiger partial charge on any atom is 0.328 e. The Labute approximate surface area is 168 Å². The highest BCUT2D eigenvalue weighted by Crippen LogP contribution is 2.14. The van der Waals surface area contributed by atoms with E-state index in [9.17, 15) is 14.4 Å². The van der Waals surface area contributed by atoms with Crippen molar-refractivity contribution in [1.82, 2.24) is 15.1 Å². The minimum atomic E-state index is -0.858. The van der Waals surface area contributed by atoms with Crippen LogP contribution in [0.25, 0.3) is 11.3 Å². The summed E-state index contributed by atoms with van der Waals surface area (Å²) in [5.74, 6) is -1.06. The van der Waals surface area contributed by atoms with Crippen LogP contribution in [0, 0.1) is 0 Å². The van der Waals surface area contributed by atoms with Crippen LogP contribution in [-0.4, -0.2) is 34.8 Å². The average molecular weight is 391 g/mol. The van der Waals surface area contributed by atoms with Crippen LogP contribution in [-0.2, 0) is 27.3 Å². The molecule has 148 valence electrons. The summed E-state index contributed by atoms with van der Waals surface area (Å²) in [6.07, 6.45) is 0.283. The van der Waals surface area contributed by atoms with E-state index in [0.29, 0.717) is 5.69 Å². The number of carbonyl (C=O) groups is 2. The minimum Gasteiger partial charge on any atom is -0.467 e. The number of hydrogen-bond donors (Lipinski definition) is 1. The Kier molecular flexibility index (Phi) is 6.52. The molecular formula is C22H21N3O4. The summed E-state index contributed by atoms with van der Waals surface area (Å²) in [5, 5.41) is 6.90. The highest BCUT2D eigenvalue weighted by atomic mass is 16.5. The van der Waals surface area contributed by atoms with E-state index in [1.54, 1.807) is 6.07 Å². The third-order valence-electron chi connectivity index (χ3n) is 4.33. The Bertz CT molecular complexity index is 1030. The normalized spacial score (nSPS) is 11.5. The van der Waals surface area contributed by atoms with Crippen molar-refractivity contribution in [1.29, 1.82) is 0 Å². The number of hydrogen-bond acceptors (Lipinski definition) is 5. The number of esters is 1. The molecule has 0 aliphatic carbocycles. The molecule has 0 radical (unpaired) electrons. The van der Waals surface area contributed by atoms with Gasteiger partial charge in [-0.3, -0.25) is 9.59 Å². The van der Waals surface area contributed by atoms with E-state index < -0.39 is 23.5 Å². The number of rotatable bonds is 7. The second-order valence-electron chi connectivity index (χ2n) is 6.41. The third kappa shape index (κ3) is 5.38. The Morgan fingerprint density at radius 3 is 2.31 bits per heavy atom. The zero-order valence-corrected chi connectivity index (χ0v) is 15.9. The van der Waals surface area contributed by atoms with Crippen LogP contribution in [0.5, 0.6) is 0 Å². The van der Waals surface area contributed by atoms with Gasteiger partial charge in [0.15, 0.2) is 0 Å². The predicted octanol–water partition coefficient (Wildman–Crippen LogP) is 1.81. The van der Waals surface area contributed by atoms with Gasteiger partial charge in [-0.15, -0.1) is 0 Å². The van der Waals surface area contributed by atoms with Gasteiger partial charge in [0.05, 0.1) is 12.8 Å². The number of nitrogens with zero attached hydrogens (tertiary/aromatic N) is 2. The van der Waals surface area contributed by atoms with E-state index in [1.165, 1.54) is 13.2 Å². The fraction of sp³-hybridized carbons (Fsp3) is 0.182. The molecule has 1 atom stereocenters. The van der Waals surface area contributed by atoms with Gasteiger partial charge in [0.2, 0.25) is 5.91 Å². The Morgan fingerprint density at radius 2 is 1.66 bits per heavy atom. The van der Waals surface area contributed by atoms with Crippen LogP contribution in [0.3, 0.4) is 0 Å². The highest BCUT2D eigenvalue weighted by molar-refractivity contribution is 5.84. The summed E-state index contributed by atoms with van der Waals surface area (Å²) in [7, 11) is 1.27. The van der Waals surface area contributed by atoms with E-state index in [-0.39, 0.29) is 13.0 Å². The van der Waals surface area contributed by atoms with Gasteiger partial charge in [0.25, 0.3) is 5.56 Å². The fourth-order valence-electron chi connectivity index (χ4n) is 2.89. The van der Waals surface area contributed by atoms with Crippen molar-refractivity contribution in [3.05, 3.63) is 88.7 Å². The second kappa shape index (κ2) is 9.45. The van der Waals surface area contributed by atoms with Gasteiger partial charge >= 0.3 is 5.97 Å². The van der Waals surface area contributed by atoms with E-state index in [2.05, 4.69) is 10.4 Å². The quantitative estimate of drug-likeness (QED) is 0.621. The van der Waals surface area contributed by atoms with E-state index >= 15 is 0 Å². The van der Waals surface area contributed by atoms with E-state index in [4.69, 9.17) is 4.74 Å². The molecule has 29 heavy (non-hydrogen) atoms. The van der Waals surface area contributed by atoms with E-state index in [1.807, 2.05) is 60.7 Å². The number of methoxy groups -OCH3 is 1. The molecule has 7 nitrogen and oxygen atoms in total. The first-order chi connectivity index (χ1) is 14.1. The number of benzene rings is 2. The topological polar surface area (TPSA) is 90.3 Å². The smallest absolute Gasteiger partial charge is 0.328 e. The molecule has 0 bridgehead atoms. The van der Waals surface area contributed by atoms with Crippen LogP contribution in [0.4, 0.5) is 0 Å². The van der Waals surface area contributed by atoms with Crippen LogP contribution in [0.2, 0.25) is 0 Å². The molecule has 0 spiro atoms.